The molecule has 2 rings (SSSR count). The zero-order chi connectivity index (χ0) is 14.4. The van der Waals surface area contributed by atoms with E-state index in [4.69, 9.17) is 9.47 Å². The molecule has 0 N–H and O–H groups in total. The SMILES string of the molecule is COCc1cc(N2CCO[C@H](CCN(C)C)C2)ncn1. The fourth-order valence-corrected chi connectivity index (χ4v) is 2.29. The second-order valence-corrected chi connectivity index (χ2v) is 5.33. The molecule has 112 valence electrons. The van der Waals surface area contributed by atoms with E-state index in [1.165, 1.54) is 0 Å². The lowest BCUT2D eigenvalue weighted by Gasteiger charge is -2.34. The second-order valence-electron chi connectivity index (χ2n) is 5.33. The molecule has 1 aliphatic rings. The largest absolute Gasteiger partial charge is 0.378 e. The van der Waals surface area contributed by atoms with Crippen molar-refractivity contribution in [1.82, 2.24) is 14.9 Å². The Bertz CT molecular complexity index is 414. The van der Waals surface area contributed by atoms with Crippen molar-refractivity contribution in [2.24, 2.45) is 0 Å². The van der Waals surface area contributed by atoms with Crippen LogP contribution in [0.3, 0.4) is 0 Å². The predicted molar refractivity (Wildman–Crippen MR) is 77.9 cm³/mol. The number of hydrogen-bond donors (Lipinski definition) is 0. The third-order valence-corrected chi connectivity index (χ3v) is 3.36. The zero-order valence-electron chi connectivity index (χ0n) is 12.6. The summed E-state index contributed by atoms with van der Waals surface area (Å²) in [6, 6.07) is 2.00. The molecule has 0 spiro atoms. The smallest absolute Gasteiger partial charge is 0.132 e. The fraction of sp³-hybridized carbons (Fsp3) is 0.714. The maximum atomic E-state index is 5.82. The molecule has 20 heavy (non-hydrogen) atoms. The molecular formula is C14H24N4O2. The summed E-state index contributed by atoms with van der Waals surface area (Å²) in [7, 11) is 5.85. The molecule has 2 heterocycles. The van der Waals surface area contributed by atoms with Gasteiger partial charge < -0.3 is 19.3 Å². The minimum absolute atomic E-state index is 0.270. The Morgan fingerprint density at radius 3 is 3.05 bits per heavy atom. The summed E-state index contributed by atoms with van der Waals surface area (Å²) in [4.78, 5) is 13.0. The molecule has 1 aromatic rings. The van der Waals surface area contributed by atoms with Gasteiger partial charge in [-0.1, -0.05) is 0 Å². The average molecular weight is 280 g/mol. The van der Waals surface area contributed by atoms with Gasteiger partial charge in [0.15, 0.2) is 0 Å². The minimum atomic E-state index is 0.270. The number of anilines is 1. The summed E-state index contributed by atoms with van der Waals surface area (Å²) in [5.74, 6) is 0.963. The number of methoxy groups -OCH3 is 1. The van der Waals surface area contributed by atoms with E-state index in [-0.39, 0.29) is 6.10 Å². The van der Waals surface area contributed by atoms with E-state index < -0.39 is 0 Å². The van der Waals surface area contributed by atoms with Crippen molar-refractivity contribution in [3.05, 3.63) is 18.1 Å². The van der Waals surface area contributed by atoms with Crippen LogP contribution in [0.1, 0.15) is 12.1 Å². The number of nitrogens with zero attached hydrogens (tertiary/aromatic N) is 4. The Kier molecular flexibility index (Phi) is 5.70. The second kappa shape index (κ2) is 7.52. The van der Waals surface area contributed by atoms with Crippen LogP contribution in [0.25, 0.3) is 0 Å². The highest BCUT2D eigenvalue weighted by Crippen LogP contribution is 2.17. The molecule has 1 atom stereocenters. The van der Waals surface area contributed by atoms with Gasteiger partial charge in [0, 0.05) is 32.8 Å². The lowest BCUT2D eigenvalue weighted by molar-refractivity contribution is 0.0309. The summed E-state index contributed by atoms with van der Waals surface area (Å²) in [6.45, 7) is 4.07. The lowest BCUT2D eigenvalue weighted by atomic mass is 10.2. The number of hydrogen-bond acceptors (Lipinski definition) is 6. The molecule has 1 aliphatic heterocycles. The van der Waals surface area contributed by atoms with Crippen LogP contribution in [0.15, 0.2) is 12.4 Å². The molecule has 0 aliphatic carbocycles. The maximum Gasteiger partial charge on any atom is 0.132 e. The Labute approximate surface area is 120 Å². The van der Waals surface area contributed by atoms with Crippen LogP contribution < -0.4 is 4.90 Å². The predicted octanol–water partition coefficient (Wildman–Crippen LogP) is 0.780. The van der Waals surface area contributed by atoms with Crippen molar-refractivity contribution in [3.63, 3.8) is 0 Å². The van der Waals surface area contributed by atoms with Gasteiger partial charge in [-0.05, 0) is 20.5 Å². The van der Waals surface area contributed by atoms with Gasteiger partial charge in [-0.3, -0.25) is 0 Å². The Morgan fingerprint density at radius 1 is 1.45 bits per heavy atom. The van der Waals surface area contributed by atoms with Crippen molar-refractivity contribution < 1.29 is 9.47 Å². The number of ether oxygens (including phenoxy) is 2. The topological polar surface area (TPSA) is 50.7 Å². The molecule has 0 saturated carbocycles. The van der Waals surface area contributed by atoms with E-state index in [9.17, 15) is 0 Å². The Morgan fingerprint density at radius 2 is 2.30 bits per heavy atom. The molecule has 1 aromatic heterocycles. The van der Waals surface area contributed by atoms with E-state index >= 15 is 0 Å². The van der Waals surface area contributed by atoms with Crippen LogP contribution in [0.2, 0.25) is 0 Å². The molecule has 1 fully saturated rings. The summed E-state index contributed by atoms with van der Waals surface area (Å²) in [5, 5.41) is 0. The van der Waals surface area contributed by atoms with Crippen molar-refractivity contribution >= 4 is 5.82 Å². The highest BCUT2D eigenvalue weighted by Gasteiger charge is 2.21. The van der Waals surface area contributed by atoms with E-state index in [2.05, 4.69) is 33.9 Å². The van der Waals surface area contributed by atoms with Gasteiger partial charge in [-0.2, -0.15) is 0 Å². The van der Waals surface area contributed by atoms with Crippen LogP contribution in [0.5, 0.6) is 0 Å². The summed E-state index contributed by atoms with van der Waals surface area (Å²) >= 11 is 0. The standard InChI is InChI=1S/C14H24N4O2/c1-17(2)5-4-13-9-18(6-7-20-13)14-8-12(10-19-3)15-11-16-14/h8,11,13H,4-7,9-10H2,1-3H3/t13-/m1/s1. The van der Waals surface area contributed by atoms with E-state index in [1.807, 2.05) is 6.07 Å². The fourth-order valence-electron chi connectivity index (χ4n) is 2.29. The quantitative estimate of drug-likeness (QED) is 0.767. The maximum absolute atomic E-state index is 5.82. The first-order chi connectivity index (χ1) is 9.69. The highest BCUT2D eigenvalue weighted by atomic mass is 16.5. The molecule has 6 heteroatoms. The van der Waals surface area contributed by atoms with Crippen LogP contribution in [-0.4, -0.2) is 68.4 Å². The average Bonchev–Trinajstić information content (AvgIpc) is 2.46. The monoisotopic (exact) mass is 280 g/mol. The van der Waals surface area contributed by atoms with Gasteiger partial charge in [0.25, 0.3) is 0 Å². The normalized spacial score (nSPS) is 19.6. The van der Waals surface area contributed by atoms with E-state index in [1.54, 1.807) is 13.4 Å². The number of rotatable bonds is 6. The van der Waals surface area contributed by atoms with Crippen LogP contribution in [-0.2, 0) is 16.1 Å². The minimum Gasteiger partial charge on any atom is -0.378 e. The first kappa shape index (κ1) is 15.2. The van der Waals surface area contributed by atoms with Crippen LogP contribution >= 0.6 is 0 Å². The van der Waals surface area contributed by atoms with Gasteiger partial charge in [0.2, 0.25) is 0 Å². The Balaban J connectivity index is 1.95. The van der Waals surface area contributed by atoms with Crippen molar-refractivity contribution in [1.29, 1.82) is 0 Å². The molecule has 0 amide bonds. The molecule has 0 unspecified atom stereocenters. The number of aromatic nitrogens is 2. The number of morpholine rings is 1. The van der Waals surface area contributed by atoms with Gasteiger partial charge in [0.05, 0.1) is 25.0 Å². The highest BCUT2D eigenvalue weighted by molar-refractivity contribution is 5.39. The van der Waals surface area contributed by atoms with Crippen molar-refractivity contribution in [2.45, 2.75) is 19.1 Å². The molecule has 6 nitrogen and oxygen atoms in total. The summed E-state index contributed by atoms with van der Waals surface area (Å²) in [5.41, 5.74) is 0.911. The molecular weight excluding hydrogens is 256 g/mol. The van der Waals surface area contributed by atoms with Crippen molar-refractivity contribution in [2.75, 3.05) is 52.3 Å². The lowest BCUT2D eigenvalue weighted by Crippen LogP contribution is -2.43. The van der Waals surface area contributed by atoms with Gasteiger partial charge >= 0.3 is 0 Å². The first-order valence-corrected chi connectivity index (χ1v) is 7.00. The van der Waals surface area contributed by atoms with Crippen LogP contribution in [0.4, 0.5) is 5.82 Å². The first-order valence-electron chi connectivity index (χ1n) is 7.00. The molecule has 0 radical (unpaired) electrons. The van der Waals surface area contributed by atoms with Gasteiger partial charge in [-0.25, -0.2) is 9.97 Å². The summed E-state index contributed by atoms with van der Waals surface area (Å²) in [6.07, 6.45) is 2.92. The zero-order valence-corrected chi connectivity index (χ0v) is 12.6. The van der Waals surface area contributed by atoms with E-state index in [0.717, 1.165) is 44.2 Å². The molecule has 1 saturated heterocycles. The summed E-state index contributed by atoms with van der Waals surface area (Å²) < 4.78 is 10.9. The van der Waals surface area contributed by atoms with Crippen molar-refractivity contribution in [3.8, 4) is 0 Å². The van der Waals surface area contributed by atoms with Gasteiger partial charge in [-0.15, -0.1) is 0 Å². The third kappa shape index (κ3) is 4.40. The third-order valence-electron chi connectivity index (χ3n) is 3.36. The molecule has 0 bridgehead atoms. The van der Waals surface area contributed by atoms with E-state index in [0.29, 0.717) is 6.61 Å². The Hall–Kier alpha value is -1.24. The van der Waals surface area contributed by atoms with Crippen LogP contribution in [0, 0.1) is 0 Å². The molecule has 0 aromatic carbocycles. The van der Waals surface area contributed by atoms with Gasteiger partial charge in [0.1, 0.15) is 12.1 Å².